The Labute approximate surface area is 149 Å². The number of rotatable bonds is 4. The number of halogens is 4. The summed E-state index contributed by atoms with van der Waals surface area (Å²) in [5.74, 6) is -1.32. The van der Waals surface area contributed by atoms with Crippen molar-refractivity contribution in [1.29, 1.82) is 0 Å². The number of aromatic nitrogens is 1. The van der Waals surface area contributed by atoms with Crippen molar-refractivity contribution in [3.8, 4) is 0 Å². The van der Waals surface area contributed by atoms with Gasteiger partial charge in [-0.05, 0) is 17.7 Å². The molecule has 1 heterocycles. The minimum atomic E-state index is -1.32. The van der Waals surface area contributed by atoms with Crippen LogP contribution in [0.2, 0.25) is 15.2 Å². The lowest BCUT2D eigenvalue weighted by atomic mass is 10.2. The molecule has 0 fully saturated rings. The van der Waals surface area contributed by atoms with Crippen LogP contribution in [0.5, 0.6) is 0 Å². The van der Waals surface area contributed by atoms with E-state index < -0.39 is 11.7 Å². The number of hydrogen-bond donors (Lipinski definition) is 2. The van der Waals surface area contributed by atoms with Crippen molar-refractivity contribution >= 4 is 68.6 Å². The van der Waals surface area contributed by atoms with Crippen LogP contribution in [0.25, 0.3) is 0 Å². The van der Waals surface area contributed by atoms with Gasteiger partial charge in [0.25, 0.3) is 0 Å². The second-order valence-corrected chi connectivity index (χ2v) is 6.01. The van der Waals surface area contributed by atoms with Crippen LogP contribution in [-0.4, -0.2) is 22.3 Å². The summed E-state index contributed by atoms with van der Waals surface area (Å²) >= 11 is 21.0. The number of nitrogens with zero attached hydrogens (tertiary/aromatic N) is 2. The van der Waals surface area contributed by atoms with E-state index in [1.54, 1.807) is 0 Å². The zero-order valence-electron chi connectivity index (χ0n) is 10.6. The van der Waals surface area contributed by atoms with E-state index in [2.05, 4.69) is 31.4 Å². The van der Waals surface area contributed by atoms with Gasteiger partial charge < -0.3 is 5.11 Å². The fourth-order valence-electron chi connectivity index (χ4n) is 1.47. The number of pyridine rings is 1. The zero-order chi connectivity index (χ0) is 16.3. The number of carbonyl (C=O) groups is 1. The highest BCUT2D eigenvalue weighted by Crippen LogP contribution is 2.36. The van der Waals surface area contributed by atoms with Gasteiger partial charge in [-0.25, -0.2) is 9.78 Å². The van der Waals surface area contributed by atoms with E-state index in [9.17, 15) is 4.79 Å². The Bertz CT molecular complexity index is 751. The van der Waals surface area contributed by atoms with E-state index in [1.165, 1.54) is 6.21 Å². The molecular weight excluding hydrogens is 416 g/mol. The van der Waals surface area contributed by atoms with Crippen LogP contribution in [0.4, 0.5) is 5.69 Å². The monoisotopic (exact) mass is 421 g/mol. The molecule has 0 atom stereocenters. The molecule has 0 unspecified atom stereocenters. The van der Waals surface area contributed by atoms with Crippen molar-refractivity contribution in [2.45, 2.75) is 0 Å². The number of carboxylic acid groups (broad SMARTS) is 1. The first-order valence-corrected chi connectivity index (χ1v) is 7.65. The predicted molar refractivity (Wildman–Crippen MR) is 91.6 cm³/mol. The molecule has 5 nitrogen and oxygen atoms in total. The maximum atomic E-state index is 11.0. The summed E-state index contributed by atoms with van der Waals surface area (Å²) < 4.78 is 0.940. The van der Waals surface area contributed by atoms with E-state index in [1.807, 2.05) is 24.3 Å². The van der Waals surface area contributed by atoms with Crippen molar-refractivity contribution in [3.05, 3.63) is 55.2 Å². The third kappa shape index (κ3) is 3.89. The second kappa shape index (κ2) is 7.28. The molecule has 0 aliphatic carbocycles. The third-order valence-electron chi connectivity index (χ3n) is 2.50. The molecule has 2 rings (SSSR count). The molecule has 0 amide bonds. The van der Waals surface area contributed by atoms with Gasteiger partial charge >= 0.3 is 5.97 Å². The van der Waals surface area contributed by atoms with Crippen molar-refractivity contribution in [3.63, 3.8) is 0 Å². The fourth-order valence-corrected chi connectivity index (χ4v) is 2.40. The standard InChI is InChI=1S/C13H7BrCl3N3O2/c14-7-3-1-6(2-4-7)5-18-20-10-8(15)11(13(21)22)19-12(17)9(10)16/h1-5H,(H,19,20)(H,21,22). The second-order valence-electron chi connectivity index (χ2n) is 3.98. The number of hydrogen-bond acceptors (Lipinski definition) is 4. The smallest absolute Gasteiger partial charge is 0.356 e. The van der Waals surface area contributed by atoms with Gasteiger partial charge in [0, 0.05) is 4.47 Å². The van der Waals surface area contributed by atoms with Crippen molar-refractivity contribution in [2.75, 3.05) is 5.43 Å². The summed E-state index contributed by atoms with van der Waals surface area (Å²) in [6.07, 6.45) is 1.52. The van der Waals surface area contributed by atoms with Gasteiger partial charge in [-0.3, -0.25) is 5.43 Å². The van der Waals surface area contributed by atoms with Gasteiger partial charge in [0.05, 0.1) is 11.9 Å². The first-order valence-electron chi connectivity index (χ1n) is 5.72. The Kier molecular flexibility index (Phi) is 5.63. The molecule has 22 heavy (non-hydrogen) atoms. The molecule has 0 saturated heterocycles. The maximum Gasteiger partial charge on any atom is 0.356 e. The van der Waals surface area contributed by atoms with Crippen molar-refractivity contribution < 1.29 is 9.90 Å². The molecule has 0 spiro atoms. The lowest BCUT2D eigenvalue weighted by Crippen LogP contribution is -2.05. The minimum absolute atomic E-state index is 0.00961. The Morgan fingerprint density at radius 1 is 1.23 bits per heavy atom. The summed E-state index contributed by atoms with van der Waals surface area (Å²) in [7, 11) is 0. The van der Waals surface area contributed by atoms with E-state index >= 15 is 0 Å². The van der Waals surface area contributed by atoms with Crippen LogP contribution in [0, 0.1) is 0 Å². The maximum absolute atomic E-state index is 11.0. The molecule has 0 saturated carbocycles. The molecule has 9 heteroatoms. The highest BCUT2D eigenvalue weighted by Gasteiger charge is 2.20. The van der Waals surface area contributed by atoms with Crippen molar-refractivity contribution in [2.24, 2.45) is 5.10 Å². The molecule has 0 aliphatic heterocycles. The first-order chi connectivity index (χ1) is 10.4. The highest BCUT2D eigenvalue weighted by molar-refractivity contribution is 9.10. The van der Waals surface area contributed by atoms with E-state index in [0.717, 1.165) is 10.0 Å². The number of nitrogens with one attached hydrogen (secondary N) is 1. The van der Waals surface area contributed by atoms with Crippen LogP contribution in [-0.2, 0) is 0 Å². The van der Waals surface area contributed by atoms with Gasteiger partial charge in [-0.2, -0.15) is 5.10 Å². The van der Waals surface area contributed by atoms with Gasteiger partial charge in [0.15, 0.2) is 10.8 Å². The molecule has 2 aromatic rings. The predicted octanol–water partition coefficient (Wildman–Crippen LogP) is 4.95. The molecule has 1 aromatic heterocycles. The highest BCUT2D eigenvalue weighted by atomic mass is 79.9. The lowest BCUT2D eigenvalue weighted by molar-refractivity contribution is 0.0691. The summed E-state index contributed by atoms with van der Waals surface area (Å²) in [6.45, 7) is 0. The van der Waals surface area contributed by atoms with Crippen LogP contribution in [0.1, 0.15) is 16.1 Å². The molecule has 0 radical (unpaired) electrons. The largest absolute Gasteiger partial charge is 0.476 e. The number of aromatic carboxylic acids is 1. The average molecular weight is 423 g/mol. The van der Waals surface area contributed by atoms with Gasteiger partial charge in [-0.1, -0.05) is 62.9 Å². The Morgan fingerprint density at radius 3 is 2.45 bits per heavy atom. The molecule has 1 aromatic carbocycles. The van der Waals surface area contributed by atoms with E-state index in [-0.39, 0.29) is 20.9 Å². The summed E-state index contributed by atoms with van der Waals surface area (Å²) in [6, 6.07) is 7.38. The zero-order valence-corrected chi connectivity index (χ0v) is 14.5. The fraction of sp³-hybridized carbons (Fsp3) is 0. The van der Waals surface area contributed by atoms with Crippen LogP contribution in [0.3, 0.4) is 0 Å². The molecular formula is C13H7BrCl3N3O2. The first kappa shape index (κ1) is 17.0. The summed E-state index contributed by atoms with van der Waals surface area (Å²) in [4.78, 5) is 14.7. The molecule has 2 N–H and O–H groups in total. The molecule has 0 bridgehead atoms. The quantitative estimate of drug-likeness (QED) is 0.415. The van der Waals surface area contributed by atoms with E-state index in [4.69, 9.17) is 39.9 Å². The van der Waals surface area contributed by atoms with Gasteiger partial charge in [0.1, 0.15) is 10.0 Å². The van der Waals surface area contributed by atoms with Gasteiger partial charge in [0.2, 0.25) is 0 Å². The Morgan fingerprint density at radius 2 is 1.86 bits per heavy atom. The Balaban J connectivity index is 2.29. The molecule has 0 aliphatic rings. The topological polar surface area (TPSA) is 74.6 Å². The number of anilines is 1. The SMILES string of the molecule is O=C(O)c1nc(Cl)c(Cl)c(NN=Cc2ccc(Br)cc2)c1Cl. The summed E-state index contributed by atoms with van der Waals surface area (Å²) in [5, 5.41) is 12.6. The average Bonchev–Trinajstić information content (AvgIpc) is 2.48. The molecule has 114 valence electrons. The van der Waals surface area contributed by atoms with Gasteiger partial charge in [-0.15, -0.1) is 0 Å². The van der Waals surface area contributed by atoms with Crippen LogP contribution < -0.4 is 5.43 Å². The Hall–Kier alpha value is -1.34. The van der Waals surface area contributed by atoms with E-state index in [0.29, 0.717) is 0 Å². The normalized spacial score (nSPS) is 10.9. The number of carboxylic acids is 1. The number of hydrazone groups is 1. The third-order valence-corrected chi connectivity index (χ3v) is 4.14. The number of benzene rings is 1. The lowest BCUT2D eigenvalue weighted by Gasteiger charge is -2.09. The van der Waals surface area contributed by atoms with Crippen molar-refractivity contribution in [1.82, 2.24) is 4.98 Å². The van der Waals surface area contributed by atoms with Crippen LogP contribution >= 0.6 is 50.7 Å². The summed E-state index contributed by atoms with van der Waals surface area (Å²) in [5.41, 5.74) is 3.08. The van der Waals surface area contributed by atoms with Crippen LogP contribution in [0.15, 0.2) is 33.8 Å². The minimum Gasteiger partial charge on any atom is -0.476 e.